The maximum absolute atomic E-state index is 9.09. The third kappa shape index (κ3) is 1.92. The molecule has 0 spiro atoms. The van der Waals surface area contributed by atoms with Gasteiger partial charge < -0.3 is 30.6 Å². The summed E-state index contributed by atoms with van der Waals surface area (Å²) in [6.07, 6.45) is -5.99. The topological polar surface area (TPSA) is 122 Å². The lowest BCUT2D eigenvalue weighted by Crippen LogP contribution is -2.56. The molecule has 0 amide bonds. The summed E-state index contributed by atoms with van der Waals surface area (Å²) in [7, 11) is 0. The first kappa shape index (κ1) is 11.8. The fourth-order valence-corrected chi connectivity index (χ4v) is 1.03. The molecule has 1 aliphatic heterocycles. The van der Waals surface area contributed by atoms with Crippen molar-refractivity contribution < 1.29 is 30.6 Å². The normalized spacial score (nSPS) is 48.2. The van der Waals surface area contributed by atoms with Crippen molar-refractivity contribution in [2.45, 2.75) is 37.6 Å². The van der Waals surface area contributed by atoms with E-state index in [1.165, 1.54) is 6.92 Å². The Hall–Kier alpha value is -0.240. The molecule has 74 valence electrons. The third-order valence-electron chi connectivity index (χ3n) is 1.83. The standard InChI is InChI=1S/C6H12O5.H2O/c1-2-3(7)4(8)5(9)6(10)11-2;/h2-10H,1H3;1H2/t2-,3+,4+,5-,6?;/m0./s1. The minimum Gasteiger partial charge on any atom is -0.412 e. The van der Waals surface area contributed by atoms with Crippen LogP contribution >= 0.6 is 0 Å². The predicted octanol–water partition coefficient (Wildman–Crippen LogP) is -3.02. The summed E-state index contributed by atoms with van der Waals surface area (Å²) in [5.74, 6) is 0. The Morgan fingerprint density at radius 1 is 0.917 bits per heavy atom. The molecule has 1 rings (SSSR count). The first-order chi connectivity index (χ1) is 5.04. The first-order valence-corrected chi connectivity index (χ1v) is 3.41. The molecule has 6 N–H and O–H groups in total. The van der Waals surface area contributed by atoms with Crippen molar-refractivity contribution in [2.75, 3.05) is 0 Å². The SMILES string of the molecule is C[C@@H]1OC(O)[C@@H](O)[C@H](O)[C@@H]1O.O. The average molecular weight is 182 g/mol. The molecular weight excluding hydrogens is 168 g/mol. The largest absolute Gasteiger partial charge is 0.412 e. The van der Waals surface area contributed by atoms with Gasteiger partial charge in [-0.2, -0.15) is 0 Å². The van der Waals surface area contributed by atoms with E-state index in [0.717, 1.165) is 0 Å². The second-order valence-electron chi connectivity index (χ2n) is 2.70. The highest BCUT2D eigenvalue weighted by molar-refractivity contribution is 4.86. The van der Waals surface area contributed by atoms with Crippen molar-refractivity contribution in [3.63, 3.8) is 0 Å². The Morgan fingerprint density at radius 2 is 1.42 bits per heavy atom. The molecule has 0 aromatic heterocycles. The molecule has 0 aromatic rings. The maximum Gasteiger partial charge on any atom is 0.183 e. The zero-order valence-electron chi connectivity index (χ0n) is 6.58. The van der Waals surface area contributed by atoms with Crippen LogP contribution in [0.5, 0.6) is 0 Å². The van der Waals surface area contributed by atoms with Gasteiger partial charge in [0.1, 0.15) is 18.3 Å². The minimum absolute atomic E-state index is 0. The van der Waals surface area contributed by atoms with Gasteiger partial charge in [0.05, 0.1) is 6.10 Å². The van der Waals surface area contributed by atoms with E-state index in [2.05, 4.69) is 4.74 Å². The van der Waals surface area contributed by atoms with Gasteiger partial charge in [0.25, 0.3) is 0 Å². The van der Waals surface area contributed by atoms with E-state index in [-0.39, 0.29) is 5.48 Å². The molecule has 12 heavy (non-hydrogen) atoms. The van der Waals surface area contributed by atoms with E-state index in [0.29, 0.717) is 0 Å². The Morgan fingerprint density at radius 3 is 1.92 bits per heavy atom. The Labute approximate surface area is 69.3 Å². The molecule has 6 nitrogen and oxygen atoms in total. The van der Waals surface area contributed by atoms with Crippen LogP contribution in [0.4, 0.5) is 0 Å². The molecule has 1 fully saturated rings. The van der Waals surface area contributed by atoms with E-state index in [1.54, 1.807) is 0 Å². The Balaban J connectivity index is 0.00000121. The van der Waals surface area contributed by atoms with Crippen LogP contribution in [0.25, 0.3) is 0 Å². The molecular formula is C6H14O6. The number of hydrogen-bond donors (Lipinski definition) is 4. The molecule has 5 atom stereocenters. The number of aliphatic hydroxyl groups is 4. The van der Waals surface area contributed by atoms with Crippen LogP contribution in [0, 0.1) is 0 Å². The summed E-state index contributed by atoms with van der Waals surface area (Å²) in [5.41, 5.74) is 0. The van der Waals surface area contributed by atoms with Gasteiger partial charge in [0, 0.05) is 0 Å². The highest BCUT2D eigenvalue weighted by Crippen LogP contribution is 2.18. The van der Waals surface area contributed by atoms with Gasteiger partial charge in [0.15, 0.2) is 6.29 Å². The molecule has 0 bridgehead atoms. The lowest BCUT2D eigenvalue weighted by molar-refractivity contribution is -0.277. The first-order valence-electron chi connectivity index (χ1n) is 3.41. The quantitative estimate of drug-likeness (QED) is 0.317. The van der Waals surface area contributed by atoms with Gasteiger partial charge in [-0.1, -0.05) is 0 Å². The monoisotopic (exact) mass is 182 g/mol. The van der Waals surface area contributed by atoms with Gasteiger partial charge in [-0.3, -0.25) is 0 Å². The average Bonchev–Trinajstić information content (AvgIpc) is 1.97. The fraction of sp³-hybridized carbons (Fsp3) is 1.00. The molecule has 1 saturated heterocycles. The van der Waals surface area contributed by atoms with Crippen LogP contribution in [0.1, 0.15) is 6.92 Å². The molecule has 1 unspecified atom stereocenters. The molecule has 0 aromatic carbocycles. The summed E-state index contributed by atoms with van der Waals surface area (Å²) in [5, 5.41) is 36.0. The Bertz CT molecular complexity index is 126. The lowest BCUT2D eigenvalue weighted by atomic mass is 10.0. The van der Waals surface area contributed by atoms with Crippen molar-refractivity contribution in [3.8, 4) is 0 Å². The highest BCUT2D eigenvalue weighted by Gasteiger charge is 2.40. The zero-order valence-corrected chi connectivity index (χ0v) is 6.58. The van der Waals surface area contributed by atoms with Crippen molar-refractivity contribution in [1.29, 1.82) is 0 Å². The van der Waals surface area contributed by atoms with E-state index in [9.17, 15) is 0 Å². The fourth-order valence-electron chi connectivity index (χ4n) is 1.03. The van der Waals surface area contributed by atoms with Gasteiger partial charge in [-0.25, -0.2) is 0 Å². The number of hydrogen-bond acceptors (Lipinski definition) is 5. The van der Waals surface area contributed by atoms with Crippen LogP contribution in [-0.2, 0) is 4.74 Å². The van der Waals surface area contributed by atoms with Crippen molar-refractivity contribution in [3.05, 3.63) is 0 Å². The summed E-state index contributed by atoms with van der Waals surface area (Å²) in [4.78, 5) is 0. The second-order valence-corrected chi connectivity index (χ2v) is 2.70. The summed E-state index contributed by atoms with van der Waals surface area (Å²) >= 11 is 0. The lowest BCUT2D eigenvalue weighted by Gasteiger charge is -2.36. The van der Waals surface area contributed by atoms with Crippen molar-refractivity contribution in [1.82, 2.24) is 0 Å². The highest BCUT2D eigenvalue weighted by atomic mass is 16.6. The minimum atomic E-state index is -1.43. The second kappa shape index (κ2) is 4.13. The van der Waals surface area contributed by atoms with E-state index in [1.807, 2.05) is 0 Å². The van der Waals surface area contributed by atoms with Crippen molar-refractivity contribution in [2.24, 2.45) is 0 Å². The molecule has 0 radical (unpaired) electrons. The molecule has 6 heteroatoms. The van der Waals surface area contributed by atoms with E-state index in [4.69, 9.17) is 20.4 Å². The van der Waals surface area contributed by atoms with Gasteiger partial charge in [-0.05, 0) is 6.92 Å². The van der Waals surface area contributed by atoms with Crippen molar-refractivity contribution >= 4 is 0 Å². The summed E-state index contributed by atoms with van der Waals surface area (Å²) < 4.78 is 4.68. The smallest absolute Gasteiger partial charge is 0.183 e. The van der Waals surface area contributed by atoms with Crippen LogP contribution in [0.2, 0.25) is 0 Å². The van der Waals surface area contributed by atoms with Crippen LogP contribution < -0.4 is 0 Å². The van der Waals surface area contributed by atoms with Gasteiger partial charge in [0.2, 0.25) is 0 Å². The van der Waals surface area contributed by atoms with Crippen LogP contribution in [0.15, 0.2) is 0 Å². The molecule has 0 saturated carbocycles. The Kier molecular flexibility index (Phi) is 4.04. The molecule has 1 heterocycles. The van der Waals surface area contributed by atoms with Crippen LogP contribution in [-0.4, -0.2) is 56.6 Å². The number of ether oxygens (including phenoxy) is 1. The predicted molar refractivity (Wildman–Crippen MR) is 38.2 cm³/mol. The van der Waals surface area contributed by atoms with Gasteiger partial charge in [-0.15, -0.1) is 0 Å². The third-order valence-corrected chi connectivity index (χ3v) is 1.83. The molecule has 1 aliphatic rings. The van der Waals surface area contributed by atoms with E-state index >= 15 is 0 Å². The summed E-state index contributed by atoms with van der Waals surface area (Å²) in [6, 6.07) is 0. The number of rotatable bonds is 0. The van der Waals surface area contributed by atoms with E-state index < -0.39 is 30.7 Å². The number of aliphatic hydroxyl groups excluding tert-OH is 4. The summed E-state index contributed by atoms with van der Waals surface area (Å²) in [6.45, 7) is 1.50. The zero-order chi connectivity index (χ0) is 8.59. The van der Waals surface area contributed by atoms with Crippen LogP contribution in [0.3, 0.4) is 0 Å². The van der Waals surface area contributed by atoms with Gasteiger partial charge >= 0.3 is 0 Å². The molecule has 0 aliphatic carbocycles. The maximum atomic E-state index is 9.09.